The van der Waals surface area contributed by atoms with Gasteiger partial charge in [0, 0.05) is 28.4 Å². The Bertz CT molecular complexity index is 481. The molecule has 20 heavy (non-hydrogen) atoms. The van der Waals surface area contributed by atoms with Crippen molar-refractivity contribution in [1.82, 2.24) is 0 Å². The monoisotopic (exact) mass is 339 g/mol. The lowest BCUT2D eigenvalue weighted by atomic mass is 9.70. The van der Waals surface area contributed by atoms with E-state index >= 15 is 0 Å². The SMILES string of the molecule is COc1ccc(Br)cc1CC(=O)C1(CN)CCCCC1. The number of halogens is 1. The Balaban J connectivity index is 2.20. The first-order valence-electron chi connectivity index (χ1n) is 7.17. The van der Waals surface area contributed by atoms with Gasteiger partial charge in [0.25, 0.3) is 0 Å². The Morgan fingerprint density at radius 1 is 1.35 bits per heavy atom. The molecule has 2 N–H and O–H groups in total. The summed E-state index contributed by atoms with van der Waals surface area (Å²) in [6, 6.07) is 5.78. The molecule has 0 heterocycles. The number of hydrogen-bond acceptors (Lipinski definition) is 3. The highest BCUT2D eigenvalue weighted by atomic mass is 79.9. The quantitative estimate of drug-likeness (QED) is 0.893. The third-order valence-corrected chi connectivity index (χ3v) is 4.88. The number of benzene rings is 1. The van der Waals surface area contributed by atoms with Crippen molar-refractivity contribution in [3.8, 4) is 5.75 Å². The van der Waals surface area contributed by atoms with E-state index in [0.717, 1.165) is 41.5 Å². The largest absolute Gasteiger partial charge is 0.496 e. The van der Waals surface area contributed by atoms with Gasteiger partial charge in [-0.3, -0.25) is 4.79 Å². The van der Waals surface area contributed by atoms with Gasteiger partial charge in [0.05, 0.1) is 7.11 Å². The normalized spacial score (nSPS) is 17.8. The molecule has 0 spiro atoms. The summed E-state index contributed by atoms with van der Waals surface area (Å²) in [5.41, 5.74) is 6.55. The lowest BCUT2D eigenvalue weighted by Gasteiger charge is -2.34. The molecule has 1 saturated carbocycles. The predicted molar refractivity (Wildman–Crippen MR) is 84.0 cm³/mol. The summed E-state index contributed by atoms with van der Waals surface area (Å²) in [6.07, 6.45) is 5.70. The minimum absolute atomic E-state index is 0.260. The van der Waals surface area contributed by atoms with E-state index in [-0.39, 0.29) is 11.2 Å². The summed E-state index contributed by atoms with van der Waals surface area (Å²) in [5.74, 6) is 1.03. The van der Waals surface area contributed by atoms with E-state index in [2.05, 4.69) is 15.9 Å². The van der Waals surface area contributed by atoms with E-state index in [4.69, 9.17) is 10.5 Å². The summed E-state index contributed by atoms with van der Waals surface area (Å²) >= 11 is 3.45. The van der Waals surface area contributed by atoms with Crippen LogP contribution in [0.1, 0.15) is 37.7 Å². The molecule has 0 amide bonds. The van der Waals surface area contributed by atoms with Crippen LogP contribution in [0.2, 0.25) is 0 Å². The number of carbonyl (C=O) groups excluding carboxylic acids is 1. The Morgan fingerprint density at radius 3 is 2.65 bits per heavy atom. The van der Waals surface area contributed by atoms with E-state index in [1.165, 1.54) is 6.42 Å². The molecule has 3 nitrogen and oxygen atoms in total. The molecule has 1 aromatic rings. The van der Waals surface area contributed by atoms with Crippen molar-refractivity contribution in [2.45, 2.75) is 38.5 Å². The van der Waals surface area contributed by atoms with Crippen LogP contribution < -0.4 is 10.5 Å². The molecular weight excluding hydrogens is 318 g/mol. The van der Waals surface area contributed by atoms with E-state index < -0.39 is 0 Å². The van der Waals surface area contributed by atoms with Crippen molar-refractivity contribution in [3.63, 3.8) is 0 Å². The fourth-order valence-corrected chi connectivity index (χ4v) is 3.48. The summed E-state index contributed by atoms with van der Waals surface area (Å²) in [5, 5.41) is 0. The second-order valence-corrected chi connectivity index (χ2v) is 6.52. The van der Waals surface area contributed by atoms with Crippen LogP contribution >= 0.6 is 15.9 Å². The average molecular weight is 340 g/mol. The van der Waals surface area contributed by atoms with Gasteiger partial charge in [0.15, 0.2) is 0 Å². The van der Waals surface area contributed by atoms with Gasteiger partial charge in [-0.15, -0.1) is 0 Å². The lowest BCUT2D eigenvalue weighted by Crippen LogP contribution is -2.41. The Hall–Kier alpha value is -0.870. The molecule has 0 aromatic heterocycles. The summed E-state index contributed by atoms with van der Waals surface area (Å²) in [6.45, 7) is 0.460. The van der Waals surface area contributed by atoms with Crippen molar-refractivity contribution in [1.29, 1.82) is 0 Å². The van der Waals surface area contributed by atoms with Crippen LogP contribution in [0, 0.1) is 5.41 Å². The van der Waals surface area contributed by atoms with Crippen molar-refractivity contribution >= 4 is 21.7 Å². The van der Waals surface area contributed by atoms with Crippen molar-refractivity contribution in [3.05, 3.63) is 28.2 Å². The first-order valence-corrected chi connectivity index (χ1v) is 7.96. The summed E-state index contributed by atoms with van der Waals surface area (Å²) < 4.78 is 6.32. The first kappa shape index (κ1) is 15.5. The maximum Gasteiger partial charge on any atom is 0.144 e. The van der Waals surface area contributed by atoms with Crippen molar-refractivity contribution in [2.24, 2.45) is 11.1 Å². The zero-order valence-electron chi connectivity index (χ0n) is 12.0. The third kappa shape index (κ3) is 3.23. The highest BCUT2D eigenvalue weighted by molar-refractivity contribution is 9.10. The van der Waals surface area contributed by atoms with Gasteiger partial charge in [-0.2, -0.15) is 0 Å². The first-order chi connectivity index (χ1) is 9.61. The van der Waals surface area contributed by atoms with E-state index in [1.54, 1.807) is 7.11 Å². The van der Waals surface area contributed by atoms with Crippen LogP contribution in [0.15, 0.2) is 22.7 Å². The van der Waals surface area contributed by atoms with E-state index in [9.17, 15) is 4.79 Å². The molecule has 1 aliphatic carbocycles. The number of methoxy groups -OCH3 is 1. The standard InChI is InChI=1S/C16H22BrNO2/c1-20-14-6-5-13(17)9-12(14)10-15(19)16(11-18)7-3-2-4-8-16/h5-6,9H,2-4,7-8,10-11,18H2,1H3. The molecule has 110 valence electrons. The second-order valence-electron chi connectivity index (χ2n) is 5.60. The van der Waals surface area contributed by atoms with Crippen LogP contribution in [0.3, 0.4) is 0 Å². The zero-order valence-corrected chi connectivity index (χ0v) is 13.5. The maximum atomic E-state index is 12.7. The van der Waals surface area contributed by atoms with E-state index in [1.807, 2.05) is 18.2 Å². The van der Waals surface area contributed by atoms with Gasteiger partial charge in [0.1, 0.15) is 11.5 Å². The molecule has 0 atom stereocenters. The molecule has 0 unspecified atom stereocenters. The molecule has 0 aliphatic heterocycles. The maximum absolute atomic E-state index is 12.7. The number of Topliss-reactive ketones (excluding diaryl/α,β-unsaturated/α-hetero) is 1. The van der Waals surface area contributed by atoms with Gasteiger partial charge in [-0.25, -0.2) is 0 Å². The fourth-order valence-electron chi connectivity index (χ4n) is 3.07. The van der Waals surface area contributed by atoms with Crippen molar-refractivity contribution in [2.75, 3.05) is 13.7 Å². The number of nitrogens with two attached hydrogens (primary N) is 1. The van der Waals surface area contributed by atoms with Crippen LogP contribution in [0.4, 0.5) is 0 Å². The second kappa shape index (κ2) is 6.72. The van der Waals surface area contributed by atoms with Gasteiger partial charge >= 0.3 is 0 Å². The van der Waals surface area contributed by atoms with Gasteiger partial charge in [0.2, 0.25) is 0 Å². The minimum atomic E-state index is -0.314. The highest BCUT2D eigenvalue weighted by Crippen LogP contribution is 2.38. The molecule has 0 saturated heterocycles. The molecule has 0 radical (unpaired) electrons. The smallest absolute Gasteiger partial charge is 0.144 e. The Labute approximate surface area is 129 Å². The number of hydrogen-bond donors (Lipinski definition) is 1. The molecule has 2 rings (SSSR count). The van der Waals surface area contributed by atoms with Crippen LogP contribution in [-0.2, 0) is 11.2 Å². The van der Waals surface area contributed by atoms with E-state index in [0.29, 0.717) is 13.0 Å². The van der Waals surface area contributed by atoms with Crippen LogP contribution in [0.5, 0.6) is 5.75 Å². The molecule has 1 aromatic carbocycles. The molecular formula is C16H22BrNO2. The summed E-state index contributed by atoms with van der Waals surface area (Å²) in [7, 11) is 1.64. The van der Waals surface area contributed by atoms with Gasteiger partial charge in [-0.1, -0.05) is 35.2 Å². The number of rotatable bonds is 5. The predicted octanol–water partition coefficient (Wildman–Crippen LogP) is 3.48. The lowest BCUT2D eigenvalue weighted by molar-refractivity contribution is -0.129. The molecule has 4 heteroatoms. The van der Waals surface area contributed by atoms with Gasteiger partial charge < -0.3 is 10.5 Å². The van der Waals surface area contributed by atoms with Gasteiger partial charge in [-0.05, 0) is 31.0 Å². The topological polar surface area (TPSA) is 52.3 Å². The van der Waals surface area contributed by atoms with Crippen LogP contribution in [0.25, 0.3) is 0 Å². The number of ether oxygens (including phenoxy) is 1. The zero-order chi connectivity index (χ0) is 14.6. The molecule has 1 aliphatic rings. The molecule has 0 bridgehead atoms. The Morgan fingerprint density at radius 2 is 2.05 bits per heavy atom. The Kier molecular flexibility index (Phi) is 5.22. The summed E-state index contributed by atoms with van der Waals surface area (Å²) in [4.78, 5) is 12.7. The third-order valence-electron chi connectivity index (χ3n) is 4.39. The number of carbonyl (C=O) groups is 1. The number of ketones is 1. The van der Waals surface area contributed by atoms with Crippen molar-refractivity contribution < 1.29 is 9.53 Å². The average Bonchev–Trinajstić information content (AvgIpc) is 2.48. The van der Waals surface area contributed by atoms with Crippen LogP contribution in [-0.4, -0.2) is 19.4 Å². The minimum Gasteiger partial charge on any atom is -0.496 e. The highest BCUT2D eigenvalue weighted by Gasteiger charge is 2.37. The molecule has 1 fully saturated rings. The fraction of sp³-hybridized carbons (Fsp3) is 0.562.